The molecule has 8 heteroatoms. The van der Waals surface area contributed by atoms with Crippen LogP contribution in [0.1, 0.15) is 43.9 Å². The van der Waals surface area contributed by atoms with Crippen LogP contribution in [0.2, 0.25) is 0 Å². The van der Waals surface area contributed by atoms with Gasteiger partial charge in [0.2, 0.25) is 5.91 Å². The summed E-state index contributed by atoms with van der Waals surface area (Å²) < 4.78 is 14.1. The Balaban J connectivity index is 0.00000324. The lowest BCUT2D eigenvalue weighted by Crippen LogP contribution is -2.55. The number of hydrogen-bond acceptors (Lipinski definition) is 5. The second kappa shape index (κ2) is 10.9. The Hall–Kier alpha value is -3.03. The molecule has 1 fully saturated rings. The number of amides is 1. The molecule has 0 aliphatic carbocycles. The zero-order valence-corrected chi connectivity index (χ0v) is 20.5. The van der Waals surface area contributed by atoms with Gasteiger partial charge in [0.25, 0.3) is 0 Å². The van der Waals surface area contributed by atoms with E-state index in [1.165, 1.54) is 6.07 Å². The predicted octanol–water partition coefficient (Wildman–Crippen LogP) is 5.69. The Bertz CT molecular complexity index is 1120. The number of benzene rings is 1. The Labute approximate surface area is 206 Å². The normalized spacial score (nSPS) is 14.8. The third-order valence-corrected chi connectivity index (χ3v) is 6.32. The molecule has 3 heterocycles. The molecule has 2 N–H and O–H groups in total. The van der Waals surface area contributed by atoms with Gasteiger partial charge in [-0.25, -0.2) is 14.4 Å². The molecule has 3 aromatic rings. The van der Waals surface area contributed by atoms with Gasteiger partial charge in [-0.1, -0.05) is 18.2 Å². The SMILES string of the molecule is Cc1ccc(F)c(NC(=O)C(C)(C)N2CCC(c3cccc(Nc4ccccn4)n3)CC2)c1.Cl. The number of hydrogen-bond donors (Lipinski definition) is 2. The van der Waals surface area contributed by atoms with Crippen molar-refractivity contribution in [2.24, 2.45) is 0 Å². The molecule has 1 aliphatic heterocycles. The van der Waals surface area contributed by atoms with Crippen LogP contribution >= 0.6 is 12.4 Å². The van der Waals surface area contributed by atoms with Gasteiger partial charge in [0.1, 0.15) is 17.5 Å². The molecule has 1 aliphatic rings. The zero-order valence-electron chi connectivity index (χ0n) is 19.7. The molecule has 1 saturated heterocycles. The van der Waals surface area contributed by atoms with Crippen LogP contribution in [-0.4, -0.2) is 39.4 Å². The van der Waals surface area contributed by atoms with E-state index in [9.17, 15) is 9.18 Å². The van der Waals surface area contributed by atoms with Crippen molar-refractivity contribution in [3.63, 3.8) is 0 Å². The summed E-state index contributed by atoms with van der Waals surface area (Å²) in [6.07, 6.45) is 3.54. The summed E-state index contributed by atoms with van der Waals surface area (Å²) in [5, 5.41) is 6.03. The highest BCUT2D eigenvalue weighted by atomic mass is 35.5. The number of halogens is 2. The minimum absolute atomic E-state index is 0. The van der Waals surface area contributed by atoms with Crippen LogP contribution in [0.3, 0.4) is 0 Å². The van der Waals surface area contributed by atoms with Crippen LogP contribution in [0.25, 0.3) is 0 Å². The van der Waals surface area contributed by atoms with Crippen molar-refractivity contribution in [1.82, 2.24) is 14.9 Å². The average molecular weight is 484 g/mol. The van der Waals surface area contributed by atoms with Crippen molar-refractivity contribution in [3.8, 4) is 0 Å². The topological polar surface area (TPSA) is 70.2 Å². The van der Waals surface area contributed by atoms with E-state index in [1.807, 2.05) is 51.1 Å². The van der Waals surface area contributed by atoms with Gasteiger partial charge in [0.15, 0.2) is 0 Å². The smallest absolute Gasteiger partial charge is 0.244 e. The van der Waals surface area contributed by atoms with E-state index < -0.39 is 11.4 Å². The fraction of sp³-hybridized carbons (Fsp3) is 0.346. The first-order valence-corrected chi connectivity index (χ1v) is 11.3. The van der Waals surface area contributed by atoms with Crippen molar-refractivity contribution in [2.45, 2.75) is 45.1 Å². The van der Waals surface area contributed by atoms with Crippen LogP contribution in [0, 0.1) is 12.7 Å². The first kappa shape index (κ1) is 25.6. The lowest BCUT2D eigenvalue weighted by atomic mass is 9.89. The van der Waals surface area contributed by atoms with Gasteiger partial charge < -0.3 is 10.6 Å². The first-order chi connectivity index (χ1) is 15.8. The minimum Gasteiger partial charge on any atom is -0.325 e. The first-order valence-electron chi connectivity index (χ1n) is 11.3. The van der Waals surface area contributed by atoms with Crippen molar-refractivity contribution in [2.75, 3.05) is 23.7 Å². The van der Waals surface area contributed by atoms with Gasteiger partial charge in [-0.15, -0.1) is 12.4 Å². The molecule has 0 atom stereocenters. The zero-order chi connectivity index (χ0) is 23.4. The molecule has 1 amide bonds. The summed E-state index contributed by atoms with van der Waals surface area (Å²) in [5.41, 5.74) is 1.42. The molecule has 2 aromatic heterocycles. The molecular weight excluding hydrogens is 453 g/mol. The molecule has 0 bridgehead atoms. The molecule has 1 aromatic carbocycles. The van der Waals surface area contributed by atoms with E-state index in [4.69, 9.17) is 4.98 Å². The maximum Gasteiger partial charge on any atom is 0.244 e. The average Bonchev–Trinajstić information content (AvgIpc) is 2.82. The number of aromatic nitrogens is 2. The van der Waals surface area contributed by atoms with E-state index in [1.54, 1.807) is 18.3 Å². The van der Waals surface area contributed by atoms with E-state index in [-0.39, 0.29) is 24.0 Å². The minimum atomic E-state index is -0.753. The summed E-state index contributed by atoms with van der Waals surface area (Å²) in [6.45, 7) is 7.19. The molecule has 34 heavy (non-hydrogen) atoms. The van der Waals surface area contributed by atoms with Gasteiger partial charge in [-0.2, -0.15) is 0 Å². The number of rotatable bonds is 6. The standard InChI is InChI=1S/C26H30FN5O.ClH/c1-18-10-11-20(27)22(17-18)30-25(33)26(2,3)32-15-12-19(13-16-32)21-7-6-9-24(29-21)31-23-8-4-5-14-28-23;/h4-11,14,17,19H,12-13,15-16H2,1-3H3,(H,30,33)(H,28,29,31);1H. The van der Waals surface area contributed by atoms with Crippen LogP contribution in [0.4, 0.5) is 21.7 Å². The van der Waals surface area contributed by atoms with Crippen molar-refractivity contribution >= 4 is 35.6 Å². The Morgan fingerprint density at radius 2 is 1.79 bits per heavy atom. The molecule has 4 rings (SSSR count). The summed E-state index contributed by atoms with van der Waals surface area (Å²) >= 11 is 0. The Morgan fingerprint density at radius 3 is 2.50 bits per heavy atom. The highest BCUT2D eigenvalue weighted by Crippen LogP contribution is 2.32. The molecular formula is C26H31ClFN5O. The Kier molecular flexibility index (Phi) is 8.23. The molecule has 0 saturated carbocycles. The summed E-state index contributed by atoms with van der Waals surface area (Å²) in [6, 6.07) is 16.4. The second-order valence-electron chi connectivity index (χ2n) is 9.05. The quantitative estimate of drug-likeness (QED) is 0.471. The van der Waals surface area contributed by atoms with E-state index in [0.717, 1.165) is 48.8 Å². The molecule has 6 nitrogen and oxygen atoms in total. The maximum atomic E-state index is 14.1. The highest BCUT2D eigenvalue weighted by Gasteiger charge is 2.37. The van der Waals surface area contributed by atoms with Crippen molar-refractivity contribution < 1.29 is 9.18 Å². The monoisotopic (exact) mass is 483 g/mol. The summed E-state index contributed by atoms with van der Waals surface area (Å²) in [5.74, 6) is 1.22. The number of likely N-dealkylation sites (tertiary alicyclic amines) is 1. The van der Waals surface area contributed by atoms with E-state index in [2.05, 4.69) is 26.6 Å². The summed E-state index contributed by atoms with van der Waals surface area (Å²) in [4.78, 5) is 24.3. The van der Waals surface area contributed by atoms with Gasteiger partial charge in [-0.3, -0.25) is 9.69 Å². The number of nitrogens with one attached hydrogen (secondary N) is 2. The third-order valence-electron chi connectivity index (χ3n) is 6.32. The van der Waals surface area contributed by atoms with Crippen LogP contribution in [-0.2, 0) is 4.79 Å². The number of nitrogens with zero attached hydrogens (tertiary/aromatic N) is 3. The highest BCUT2D eigenvalue weighted by molar-refractivity contribution is 5.97. The number of carbonyl (C=O) groups excluding carboxylic acids is 1. The molecule has 0 unspecified atom stereocenters. The van der Waals surface area contributed by atoms with E-state index in [0.29, 0.717) is 5.92 Å². The number of anilines is 3. The number of carbonyl (C=O) groups is 1. The molecule has 0 spiro atoms. The number of aryl methyl sites for hydroxylation is 1. The van der Waals surface area contributed by atoms with Gasteiger partial charge >= 0.3 is 0 Å². The maximum absolute atomic E-state index is 14.1. The number of pyridine rings is 2. The van der Waals surface area contributed by atoms with Crippen molar-refractivity contribution in [3.05, 3.63) is 77.9 Å². The predicted molar refractivity (Wildman–Crippen MR) is 136 cm³/mol. The molecule has 0 radical (unpaired) electrons. The van der Waals surface area contributed by atoms with Crippen LogP contribution < -0.4 is 10.6 Å². The second-order valence-corrected chi connectivity index (χ2v) is 9.05. The van der Waals surface area contributed by atoms with Gasteiger partial charge in [-0.05, 0) is 88.7 Å². The van der Waals surface area contributed by atoms with E-state index >= 15 is 0 Å². The summed E-state index contributed by atoms with van der Waals surface area (Å²) in [7, 11) is 0. The Morgan fingerprint density at radius 1 is 1.06 bits per heavy atom. The van der Waals surface area contributed by atoms with Gasteiger partial charge in [0, 0.05) is 17.8 Å². The van der Waals surface area contributed by atoms with Crippen LogP contribution in [0.15, 0.2) is 60.8 Å². The fourth-order valence-electron chi connectivity index (χ4n) is 4.20. The third kappa shape index (κ3) is 5.90. The molecule has 180 valence electrons. The number of piperidine rings is 1. The lowest BCUT2D eigenvalue weighted by Gasteiger charge is -2.41. The van der Waals surface area contributed by atoms with Crippen LogP contribution in [0.5, 0.6) is 0 Å². The van der Waals surface area contributed by atoms with Gasteiger partial charge in [0.05, 0.1) is 11.2 Å². The van der Waals surface area contributed by atoms with Crippen molar-refractivity contribution in [1.29, 1.82) is 0 Å². The largest absolute Gasteiger partial charge is 0.325 e. The fourth-order valence-corrected chi connectivity index (χ4v) is 4.20. The lowest BCUT2D eigenvalue weighted by molar-refractivity contribution is -0.127.